The van der Waals surface area contributed by atoms with Crippen LogP contribution >= 0.6 is 0 Å². The second-order valence-corrected chi connectivity index (χ2v) is 10.1. The average molecular weight is 497 g/mol. The van der Waals surface area contributed by atoms with Crippen LogP contribution in [0.2, 0.25) is 0 Å². The lowest BCUT2D eigenvalue weighted by Crippen LogP contribution is -1.92. The van der Waals surface area contributed by atoms with Crippen molar-refractivity contribution in [3.63, 3.8) is 0 Å². The fourth-order valence-electron chi connectivity index (χ4n) is 6.18. The van der Waals surface area contributed by atoms with Crippen molar-refractivity contribution in [2.75, 3.05) is 0 Å². The second kappa shape index (κ2) is 8.72. The zero-order chi connectivity index (χ0) is 25.8. The molecule has 1 aromatic heterocycles. The first kappa shape index (κ1) is 21.9. The van der Waals surface area contributed by atoms with Crippen molar-refractivity contribution < 1.29 is 4.42 Å². The zero-order valence-corrected chi connectivity index (χ0v) is 21.3. The van der Waals surface area contributed by atoms with Gasteiger partial charge in [-0.2, -0.15) is 0 Å². The number of benzene rings is 7. The molecule has 0 unspecified atom stereocenters. The molecule has 0 amide bonds. The van der Waals surface area contributed by atoms with E-state index in [1.807, 2.05) is 6.07 Å². The topological polar surface area (TPSA) is 13.1 Å². The smallest absolute Gasteiger partial charge is 0.136 e. The van der Waals surface area contributed by atoms with Crippen molar-refractivity contribution in [1.29, 1.82) is 0 Å². The molecule has 0 saturated heterocycles. The van der Waals surface area contributed by atoms with Crippen LogP contribution in [0.25, 0.3) is 76.9 Å². The Morgan fingerprint density at radius 1 is 0.333 bits per heavy atom. The number of furan rings is 1. The molecule has 0 aliphatic rings. The monoisotopic (exact) mass is 496 g/mol. The average Bonchev–Trinajstić information content (AvgIpc) is 3.39. The Labute approximate surface area is 226 Å². The van der Waals surface area contributed by atoms with Crippen LogP contribution in [0.5, 0.6) is 0 Å². The summed E-state index contributed by atoms with van der Waals surface area (Å²) in [5, 5.41) is 7.30. The third kappa shape index (κ3) is 3.41. The molecule has 0 fully saturated rings. The van der Waals surface area contributed by atoms with Crippen molar-refractivity contribution in [3.05, 3.63) is 146 Å². The Balaban J connectivity index is 1.57. The highest BCUT2D eigenvalue weighted by molar-refractivity contribution is 6.26. The molecule has 0 bridgehead atoms. The summed E-state index contributed by atoms with van der Waals surface area (Å²) in [5.41, 5.74) is 9.21. The van der Waals surface area contributed by atoms with E-state index < -0.39 is 0 Å². The fourth-order valence-corrected chi connectivity index (χ4v) is 6.18. The van der Waals surface area contributed by atoms with Crippen LogP contribution in [0, 0.1) is 0 Å². The van der Waals surface area contributed by atoms with E-state index >= 15 is 0 Å². The maximum Gasteiger partial charge on any atom is 0.136 e. The molecule has 7 aromatic carbocycles. The van der Waals surface area contributed by atoms with Gasteiger partial charge < -0.3 is 4.42 Å². The van der Waals surface area contributed by atoms with Gasteiger partial charge in [0.25, 0.3) is 0 Å². The van der Waals surface area contributed by atoms with Crippen LogP contribution in [0.1, 0.15) is 0 Å². The Hall–Kier alpha value is -5.14. The van der Waals surface area contributed by atoms with Gasteiger partial charge in [0.15, 0.2) is 0 Å². The normalized spacial score (nSPS) is 11.6. The molecule has 1 nitrogen and oxygen atoms in total. The van der Waals surface area contributed by atoms with Crippen molar-refractivity contribution >= 4 is 43.5 Å². The van der Waals surface area contributed by atoms with Crippen LogP contribution in [0.15, 0.2) is 150 Å². The standard InChI is InChI=1S/C38H24O/c1-3-12-25(13-4-1)27-22-23-30-33(24-27)36(26-14-5-2-6-15-26)28-16-7-8-17-29(28)37(30)32-19-11-21-35-38(32)31-18-9-10-20-34(31)39-35/h1-24H. The molecule has 0 saturated carbocycles. The molecular weight excluding hydrogens is 472 g/mol. The van der Waals surface area contributed by atoms with E-state index in [2.05, 4.69) is 140 Å². The van der Waals surface area contributed by atoms with Gasteiger partial charge in [-0.15, -0.1) is 0 Å². The molecule has 8 rings (SSSR count). The molecule has 8 aromatic rings. The zero-order valence-electron chi connectivity index (χ0n) is 21.3. The number of hydrogen-bond acceptors (Lipinski definition) is 1. The molecule has 0 aliphatic heterocycles. The predicted molar refractivity (Wildman–Crippen MR) is 165 cm³/mol. The summed E-state index contributed by atoms with van der Waals surface area (Å²) in [7, 11) is 0. The molecule has 0 spiro atoms. The summed E-state index contributed by atoms with van der Waals surface area (Å²) in [4.78, 5) is 0. The van der Waals surface area contributed by atoms with Gasteiger partial charge in [0.05, 0.1) is 0 Å². The third-order valence-corrected chi connectivity index (χ3v) is 7.87. The second-order valence-electron chi connectivity index (χ2n) is 10.1. The highest BCUT2D eigenvalue weighted by Gasteiger charge is 2.20. The quantitative estimate of drug-likeness (QED) is 0.222. The van der Waals surface area contributed by atoms with E-state index in [-0.39, 0.29) is 0 Å². The number of fused-ring (bicyclic) bond motifs is 5. The summed E-state index contributed by atoms with van der Waals surface area (Å²) in [6.07, 6.45) is 0. The Morgan fingerprint density at radius 3 is 1.69 bits per heavy atom. The van der Waals surface area contributed by atoms with Crippen molar-refractivity contribution in [3.8, 4) is 33.4 Å². The van der Waals surface area contributed by atoms with Gasteiger partial charge in [0.1, 0.15) is 11.2 Å². The minimum absolute atomic E-state index is 0.916. The first-order valence-corrected chi connectivity index (χ1v) is 13.4. The Kier molecular flexibility index (Phi) is 4.89. The number of rotatable bonds is 3. The lowest BCUT2D eigenvalue weighted by Gasteiger charge is -2.19. The molecule has 0 aliphatic carbocycles. The van der Waals surface area contributed by atoms with E-state index in [1.165, 1.54) is 60.3 Å². The minimum Gasteiger partial charge on any atom is -0.456 e. The number of para-hydroxylation sites is 1. The third-order valence-electron chi connectivity index (χ3n) is 7.87. The van der Waals surface area contributed by atoms with E-state index in [0.717, 1.165) is 16.6 Å². The maximum atomic E-state index is 6.31. The van der Waals surface area contributed by atoms with E-state index in [9.17, 15) is 0 Å². The van der Waals surface area contributed by atoms with Gasteiger partial charge in [-0.25, -0.2) is 0 Å². The highest BCUT2D eigenvalue weighted by atomic mass is 16.3. The largest absolute Gasteiger partial charge is 0.456 e. The van der Waals surface area contributed by atoms with Crippen LogP contribution < -0.4 is 0 Å². The first-order valence-electron chi connectivity index (χ1n) is 13.4. The maximum absolute atomic E-state index is 6.31. The Morgan fingerprint density at radius 2 is 0.923 bits per heavy atom. The van der Waals surface area contributed by atoms with Gasteiger partial charge >= 0.3 is 0 Å². The van der Waals surface area contributed by atoms with Gasteiger partial charge in [0, 0.05) is 10.8 Å². The number of hydrogen-bond donors (Lipinski definition) is 0. The van der Waals surface area contributed by atoms with Gasteiger partial charge in [-0.1, -0.05) is 127 Å². The molecule has 0 atom stereocenters. The van der Waals surface area contributed by atoms with Crippen LogP contribution in [-0.2, 0) is 0 Å². The molecule has 0 radical (unpaired) electrons. The first-order chi connectivity index (χ1) is 19.4. The minimum atomic E-state index is 0.916. The molecule has 0 N–H and O–H groups in total. The predicted octanol–water partition coefficient (Wildman–Crippen LogP) is 10.9. The molecule has 1 heteroatoms. The SMILES string of the molecule is c1ccc(-c2ccc3c(-c4cccc5oc6ccccc6c45)c4ccccc4c(-c4ccccc4)c3c2)cc1. The fraction of sp³-hybridized carbons (Fsp3) is 0. The van der Waals surface area contributed by atoms with E-state index in [0.29, 0.717) is 0 Å². The van der Waals surface area contributed by atoms with Crippen molar-refractivity contribution in [1.82, 2.24) is 0 Å². The summed E-state index contributed by atoms with van der Waals surface area (Å²) in [5.74, 6) is 0. The summed E-state index contributed by atoms with van der Waals surface area (Å²) in [6.45, 7) is 0. The molecule has 39 heavy (non-hydrogen) atoms. The van der Waals surface area contributed by atoms with Gasteiger partial charge in [-0.05, 0) is 73.1 Å². The molecule has 182 valence electrons. The molecular formula is C38H24O. The summed E-state index contributed by atoms with van der Waals surface area (Å²) < 4.78 is 6.31. The Bertz CT molecular complexity index is 2150. The lowest BCUT2D eigenvalue weighted by molar-refractivity contribution is 0.669. The van der Waals surface area contributed by atoms with Gasteiger partial charge in [-0.3, -0.25) is 0 Å². The van der Waals surface area contributed by atoms with E-state index in [4.69, 9.17) is 4.42 Å². The van der Waals surface area contributed by atoms with E-state index in [1.54, 1.807) is 0 Å². The lowest BCUT2D eigenvalue weighted by atomic mass is 9.84. The molecule has 1 heterocycles. The van der Waals surface area contributed by atoms with Crippen LogP contribution in [-0.4, -0.2) is 0 Å². The van der Waals surface area contributed by atoms with Gasteiger partial charge in [0.2, 0.25) is 0 Å². The van der Waals surface area contributed by atoms with Crippen molar-refractivity contribution in [2.45, 2.75) is 0 Å². The van der Waals surface area contributed by atoms with Crippen LogP contribution in [0.4, 0.5) is 0 Å². The summed E-state index contributed by atoms with van der Waals surface area (Å²) >= 11 is 0. The highest BCUT2D eigenvalue weighted by Crippen LogP contribution is 2.47. The summed E-state index contributed by atoms with van der Waals surface area (Å²) in [6, 6.07) is 52.0. The van der Waals surface area contributed by atoms with Crippen LogP contribution in [0.3, 0.4) is 0 Å². The van der Waals surface area contributed by atoms with Crippen molar-refractivity contribution in [2.24, 2.45) is 0 Å².